The van der Waals surface area contributed by atoms with Gasteiger partial charge in [0.05, 0.1) is 17.9 Å². The molecule has 34 heavy (non-hydrogen) atoms. The molecule has 1 N–H and O–H groups in total. The molecule has 1 aliphatic heterocycles. The first kappa shape index (κ1) is 28.3. The summed E-state index contributed by atoms with van der Waals surface area (Å²) in [5.41, 5.74) is -0.944. The normalized spacial score (nSPS) is 23.3. The molecule has 192 valence electrons. The highest BCUT2D eigenvalue weighted by Gasteiger charge is 2.52. The predicted molar refractivity (Wildman–Crippen MR) is 123 cm³/mol. The van der Waals surface area contributed by atoms with E-state index in [2.05, 4.69) is 0 Å². The van der Waals surface area contributed by atoms with Gasteiger partial charge < -0.3 is 5.11 Å². The van der Waals surface area contributed by atoms with Crippen molar-refractivity contribution >= 4 is 5.97 Å². The van der Waals surface area contributed by atoms with Gasteiger partial charge in [-0.25, -0.2) is 8.78 Å². The zero-order valence-electron chi connectivity index (χ0n) is 20.7. The fourth-order valence-corrected chi connectivity index (χ4v) is 4.50. The summed E-state index contributed by atoms with van der Waals surface area (Å²) in [7, 11) is 0. The van der Waals surface area contributed by atoms with Gasteiger partial charge in [0, 0.05) is 25.0 Å². The second kappa shape index (κ2) is 9.96. The molecule has 0 aliphatic carbocycles. The summed E-state index contributed by atoms with van der Waals surface area (Å²) in [6.07, 6.45) is -1.25. The van der Waals surface area contributed by atoms with Crippen LogP contribution in [-0.4, -0.2) is 34.5 Å². The van der Waals surface area contributed by atoms with Crippen molar-refractivity contribution in [2.75, 3.05) is 6.54 Å². The van der Waals surface area contributed by atoms with Crippen LogP contribution in [0.3, 0.4) is 0 Å². The zero-order chi connectivity index (χ0) is 26.1. The van der Waals surface area contributed by atoms with Crippen molar-refractivity contribution in [2.45, 2.75) is 85.0 Å². The molecule has 0 spiro atoms. The lowest BCUT2D eigenvalue weighted by Gasteiger charge is -2.49. The Kier molecular flexibility index (Phi) is 8.28. The molecule has 1 aromatic carbocycles. The van der Waals surface area contributed by atoms with E-state index < -0.39 is 48.4 Å². The van der Waals surface area contributed by atoms with E-state index in [1.165, 1.54) is 12.1 Å². The van der Waals surface area contributed by atoms with Gasteiger partial charge in [0.25, 0.3) is 5.92 Å². The van der Waals surface area contributed by atoms with Crippen molar-refractivity contribution in [3.05, 3.63) is 47.5 Å². The summed E-state index contributed by atoms with van der Waals surface area (Å²) in [5, 5.41) is 9.42. The van der Waals surface area contributed by atoms with Crippen LogP contribution in [0, 0.1) is 16.7 Å². The fraction of sp³-hybridized carbons (Fsp3) is 0.654. The van der Waals surface area contributed by atoms with Crippen molar-refractivity contribution in [1.29, 1.82) is 0 Å². The van der Waals surface area contributed by atoms with Gasteiger partial charge >= 0.3 is 12.1 Å². The van der Waals surface area contributed by atoms with Gasteiger partial charge in [0.15, 0.2) is 0 Å². The van der Waals surface area contributed by atoms with Crippen molar-refractivity contribution in [3.63, 3.8) is 0 Å². The largest absolute Gasteiger partial charge is 0.481 e. The number of carboxylic acids is 1. The number of carboxylic acid groups (broad SMARTS) is 1. The highest BCUT2D eigenvalue weighted by atomic mass is 19.4. The van der Waals surface area contributed by atoms with E-state index in [0.29, 0.717) is 6.42 Å². The predicted octanol–water partition coefficient (Wildman–Crippen LogP) is 7.59. The maximum absolute atomic E-state index is 15.1. The van der Waals surface area contributed by atoms with Crippen LogP contribution in [0.2, 0.25) is 0 Å². The molecule has 3 nitrogen and oxygen atoms in total. The van der Waals surface area contributed by atoms with E-state index in [1.807, 2.05) is 58.6 Å². The highest BCUT2D eigenvalue weighted by Crippen LogP contribution is 2.49. The average molecular weight is 490 g/mol. The molecule has 1 aromatic rings. The van der Waals surface area contributed by atoms with E-state index >= 15 is 8.78 Å². The van der Waals surface area contributed by atoms with Crippen LogP contribution >= 0.6 is 0 Å². The van der Waals surface area contributed by atoms with Crippen LogP contribution in [0.25, 0.3) is 0 Å². The molecule has 2 rings (SSSR count). The Morgan fingerprint density at radius 1 is 1.12 bits per heavy atom. The number of likely N-dealkylation sites (tertiary alicyclic amines) is 1. The molecular weight excluding hydrogens is 453 g/mol. The molecule has 0 radical (unpaired) electrons. The maximum atomic E-state index is 15.1. The van der Waals surface area contributed by atoms with Crippen LogP contribution in [0.5, 0.6) is 0 Å². The molecule has 0 amide bonds. The van der Waals surface area contributed by atoms with Gasteiger partial charge in [0.1, 0.15) is 0 Å². The van der Waals surface area contributed by atoms with E-state index in [0.717, 1.165) is 12.1 Å². The van der Waals surface area contributed by atoms with Crippen LogP contribution in [0.4, 0.5) is 22.0 Å². The van der Waals surface area contributed by atoms with Crippen LogP contribution in [0.1, 0.15) is 78.0 Å². The number of hydrogen-bond donors (Lipinski definition) is 1. The molecule has 0 aromatic heterocycles. The Morgan fingerprint density at radius 2 is 1.68 bits per heavy atom. The molecule has 8 heteroatoms. The number of carbonyl (C=O) groups is 1. The number of halogens is 5. The van der Waals surface area contributed by atoms with Crippen molar-refractivity contribution < 1.29 is 31.9 Å². The zero-order valence-corrected chi connectivity index (χ0v) is 20.7. The summed E-state index contributed by atoms with van der Waals surface area (Å²) < 4.78 is 69.5. The number of piperidine rings is 1. The van der Waals surface area contributed by atoms with Crippen molar-refractivity contribution in [1.82, 2.24) is 4.90 Å². The lowest BCUT2D eigenvalue weighted by Crippen LogP contribution is -2.53. The van der Waals surface area contributed by atoms with E-state index in [4.69, 9.17) is 0 Å². The van der Waals surface area contributed by atoms with Crippen LogP contribution in [0.15, 0.2) is 36.4 Å². The topological polar surface area (TPSA) is 40.5 Å². The fourth-order valence-electron chi connectivity index (χ4n) is 4.50. The minimum Gasteiger partial charge on any atom is -0.481 e. The summed E-state index contributed by atoms with van der Waals surface area (Å²) >= 11 is 0. The number of alkyl halides is 5. The first-order valence-electron chi connectivity index (χ1n) is 11.5. The summed E-state index contributed by atoms with van der Waals surface area (Å²) in [5.74, 6) is -6.19. The molecular formula is C26H36F5NO2. The number of nitrogens with zero attached hydrogens (tertiary/aromatic N) is 1. The second-order valence-corrected chi connectivity index (χ2v) is 11.6. The summed E-state index contributed by atoms with van der Waals surface area (Å²) in [4.78, 5) is 13.4. The second-order valence-electron chi connectivity index (χ2n) is 11.6. The first-order chi connectivity index (χ1) is 15.3. The van der Waals surface area contributed by atoms with Gasteiger partial charge in [-0.05, 0) is 34.9 Å². The minimum atomic E-state index is -4.56. The van der Waals surface area contributed by atoms with Gasteiger partial charge in [-0.2, -0.15) is 13.2 Å². The van der Waals surface area contributed by atoms with Gasteiger partial charge in [-0.1, -0.05) is 65.8 Å². The number of allylic oxidation sites excluding steroid dienone is 1. The quantitative estimate of drug-likeness (QED) is 0.331. The van der Waals surface area contributed by atoms with Crippen LogP contribution < -0.4 is 0 Å². The molecule has 0 saturated carbocycles. The number of rotatable bonds is 6. The van der Waals surface area contributed by atoms with Gasteiger partial charge in [-0.3, -0.25) is 9.69 Å². The van der Waals surface area contributed by atoms with Gasteiger partial charge in [0.2, 0.25) is 0 Å². The molecule has 1 saturated heterocycles. The molecule has 1 aliphatic rings. The molecule has 1 fully saturated rings. The SMILES string of the molecule is CC(C)(C)/C=C\C(CC(C)(C)C)N1CCC(F)(F)C(CC(=O)O)C1c1ccc(C(F)(F)F)cc1. The molecule has 3 atom stereocenters. The standard InChI is InChI=1S/C26H36F5NO2/c1-23(2,3)12-11-19(16-24(4,5)6)32-14-13-25(27,28)20(15-21(33)34)22(32)17-7-9-18(10-8-17)26(29,30)31/h7-12,19-20,22H,13-16H2,1-6H3,(H,33,34)/b12-11-. The minimum absolute atomic E-state index is 0.00401. The Balaban J connectivity index is 2.63. The summed E-state index contributed by atoms with van der Waals surface area (Å²) in [6, 6.07) is 2.83. The monoisotopic (exact) mass is 489 g/mol. The maximum Gasteiger partial charge on any atom is 0.416 e. The summed E-state index contributed by atoms with van der Waals surface area (Å²) in [6.45, 7) is 12.2. The van der Waals surface area contributed by atoms with E-state index in [9.17, 15) is 23.1 Å². The third kappa shape index (κ3) is 7.79. The molecule has 1 heterocycles. The Morgan fingerprint density at radius 3 is 2.12 bits per heavy atom. The smallest absolute Gasteiger partial charge is 0.416 e. The number of benzene rings is 1. The average Bonchev–Trinajstić information content (AvgIpc) is 2.64. The Hall–Kier alpha value is -1.96. The Bertz CT molecular complexity index is 863. The van der Waals surface area contributed by atoms with Crippen molar-refractivity contribution in [2.24, 2.45) is 16.7 Å². The number of hydrogen-bond acceptors (Lipinski definition) is 2. The lowest BCUT2D eigenvalue weighted by molar-refractivity contribution is -0.161. The molecule has 0 bridgehead atoms. The van der Waals surface area contributed by atoms with E-state index in [1.54, 1.807) is 0 Å². The third-order valence-corrected chi connectivity index (χ3v) is 6.02. The van der Waals surface area contributed by atoms with Gasteiger partial charge in [-0.15, -0.1) is 0 Å². The Labute approximate surface area is 199 Å². The van der Waals surface area contributed by atoms with E-state index in [-0.39, 0.29) is 29.0 Å². The first-order valence-corrected chi connectivity index (χ1v) is 11.5. The highest BCUT2D eigenvalue weighted by molar-refractivity contribution is 5.67. The van der Waals surface area contributed by atoms with Crippen molar-refractivity contribution in [3.8, 4) is 0 Å². The van der Waals surface area contributed by atoms with Crippen LogP contribution in [-0.2, 0) is 11.0 Å². The number of aliphatic carboxylic acids is 1. The molecule has 3 unspecified atom stereocenters. The third-order valence-electron chi connectivity index (χ3n) is 6.02. The lowest BCUT2D eigenvalue weighted by atomic mass is 9.77.